The number of ether oxygens (including phenoxy) is 1. The fourth-order valence-corrected chi connectivity index (χ4v) is 2.09. The largest absolute Gasteiger partial charge is 0.497 e. The number of hydrogen-bond donors (Lipinski definition) is 1. The molecule has 0 saturated heterocycles. The number of fused-ring (bicyclic) bond motifs is 1. The van der Waals surface area contributed by atoms with Gasteiger partial charge in [-0.25, -0.2) is 0 Å². The van der Waals surface area contributed by atoms with E-state index in [9.17, 15) is 0 Å². The molecule has 0 bridgehead atoms. The maximum absolute atomic E-state index is 5.25. The summed E-state index contributed by atoms with van der Waals surface area (Å²) in [7, 11) is 1.72. The lowest BCUT2D eigenvalue weighted by molar-refractivity contribution is 0.411. The van der Waals surface area contributed by atoms with Gasteiger partial charge in [0.1, 0.15) is 5.75 Å². The van der Waals surface area contributed by atoms with Gasteiger partial charge in [0.25, 0.3) is 0 Å². The van der Waals surface area contributed by atoms with E-state index in [4.69, 9.17) is 4.74 Å². The van der Waals surface area contributed by atoms with Crippen molar-refractivity contribution in [1.29, 1.82) is 0 Å². The molecule has 82 valence electrons. The van der Waals surface area contributed by atoms with E-state index in [-0.39, 0.29) is 0 Å². The second-order valence-corrected chi connectivity index (χ2v) is 4.49. The van der Waals surface area contributed by atoms with E-state index in [0.717, 1.165) is 18.7 Å². The van der Waals surface area contributed by atoms with Crippen molar-refractivity contribution in [3.05, 3.63) is 29.3 Å². The third kappa shape index (κ3) is 2.15. The standard InChI is InChI=1S/C13H19NO/c1-9-6-11-4-5-13(15-3)7-12(11)8-14-10(9)2/h4-5,7,9-10,14H,6,8H2,1-3H3. The molecule has 2 nitrogen and oxygen atoms in total. The normalized spacial score (nSPS) is 25.5. The second kappa shape index (κ2) is 4.23. The quantitative estimate of drug-likeness (QED) is 0.760. The second-order valence-electron chi connectivity index (χ2n) is 4.49. The molecule has 2 unspecified atom stereocenters. The van der Waals surface area contributed by atoms with Crippen LogP contribution >= 0.6 is 0 Å². The van der Waals surface area contributed by atoms with Crippen LogP contribution < -0.4 is 10.1 Å². The summed E-state index contributed by atoms with van der Waals surface area (Å²) >= 11 is 0. The van der Waals surface area contributed by atoms with E-state index in [1.807, 2.05) is 0 Å². The molecule has 1 aliphatic heterocycles. The Hall–Kier alpha value is -1.02. The molecule has 2 heteroatoms. The minimum atomic E-state index is 0.586. The SMILES string of the molecule is COc1ccc2c(c1)CNC(C)C(C)C2. The lowest BCUT2D eigenvalue weighted by atomic mass is 9.95. The third-order valence-electron chi connectivity index (χ3n) is 3.42. The first-order valence-electron chi connectivity index (χ1n) is 5.60. The van der Waals surface area contributed by atoms with Gasteiger partial charge in [-0.3, -0.25) is 0 Å². The molecule has 1 heterocycles. The van der Waals surface area contributed by atoms with Gasteiger partial charge in [0.05, 0.1) is 7.11 Å². The fourth-order valence-electron chi connectivity index (χ4n) is 2.09. The van der Waals surface area contributed by atoms with Crippen LogP contribution in [0.4, 0.5) is 0 Å². The summed E-state index contributed by atoms with van der Waals surface area (Å²) in [6.07, 6.45) is 1.16. The molecule has 1 N–H and O–H groups in total. The minimum Gasteiger partial charge on any atom is -0.497 e. The molecule has 1 aromatic rings. The highest BCUT2D eigenvalue weighted by atomic mass is 16.5. The zero-order valence-corrected chi connectivity index (χ0v) is 9.71. The summed E-state index contributed by atoms with van der Waals surface area (Å²) in [4.78, 5) is 0. The van der Waals surface area contributed by atoms with Crippen molar-refractivity contribution >= 4 is 0 Å². The molecule has 15 heavy (non-hydrogen) atoms. The van der Waals surface area contributed by atoms with Gasteiger partial charge in [0, 0.05) is 12.6 Å². The summed E-state index contributed by atoms with van der Waals surface area (Å²) in [6.45, 7) is 5.52. The first-order chi connectivity index (χ1) is 7.20. The predicted octanol–water partition coefficient (Wildman–Crippen LogP) is 2.37. The van der Waals surface area contributed by atoms with Crippen molar-refractivity contribution < 1.29 is 4.74 Å². The van der Waals surface area contributed by atoms with E-state index in [2.05, 4.69) is 37.4 Å². The van der Waals surface area contributed by atoms with Crippen LogP contribution in [0.5, 0.6) is 5.75 Å². The Balaban J connectivity index is 2.30. The van der Waals surface area contributed by atoms with Gasteiger partial charge in [-0.1, -0.05) is 13.0 Å². The smallest absolute Gasteiger partial charge is 0.119 e. The highest BCUT2D eigenvalue weighted by molar-refractivity contribution is 5.36. The van der Waals surface area contributed by atoms with Crippen LogP contribution in [-0.2, 0) is 13.0 Å². The van der Waals surface area contributed by atoms with Crippen LogP contribution in [0, 0.1) is 5.92 Å². The van der Waals surface area contributed by atoms with Gasteiger partial charge >= 0.3 is 0 Å². The third-order valence-corrected chi connectivity index (χ3v) is 3.42. The van der Waals surface area contributed by atoms with E-state index in [1.165, 1.54) is 11.1 Å². The Kier molecular flexibility index (Phi) is 2.96. The number of benzene rings is 1. The van der Waals surface area contributed by atoms with Crippen LogP contribution in [0.25, 0.3) is 0 Å². The molecule has 0 aromatic heterocycles. The van der Waals surface area contributed by atoms with Gasteiger partial charge in [0.15, 0.2) is 0 Å². The van der Waals surface area contributed by atoms with Crippen molar-refractivity contribution in [3.8, 4) is 5.75 Å². The maximum atomic E-state index is 5.25. The molecule has 0 saturated carbocycles. The Morgan fingerprint density at radius 1 is 1.27 bits per heavy atom. The van der Waals surface area contributed by atoms with Crippen LogP contribution in [0.2, 0.25) is 0 Å². The Morgan fingerprint density at radius 3 is 2.80 bits per heavy atom. The topological polar surface area (TPSA) is 21.3 Å². The highest BCUT2D eigenvalue weighted by Crippen LogP contribution is 2.24. The summed E-state index contributed by atoms with van der Waals surface area (Å²) in [5.41, 5.74) is 2.84. The number of nitrogens with one attached hydrogen (secondary N) is 1. The first kappa shape index (κ1) is 10.5. The Morgan fingerprint density at radius 2 is 2.07 bits per heavy atom. The van der Waals surface area contributed by atoms with E-state index >= 15 is 0 Å². The minimum absolute atomic E-state index is 0.586. The van der Waals surface area contributed by atoms with Crippen molar-refractivity contribution in [2.75, 3.05) is 7.11 Å². The molecule has 0 amide bonds. The van der Waals surface area contributed by atoms with Crippen molar-refractivity contribution in [3.63, 3.8) is 0 Å². The van der Waals surface area contributed by atoms with Gasteiger partial charge in [-0.15, -0.1) is 0 Å². The van der Waals surface area contributed by atoms with Gasteiger partial charge < -0.3 is 10.1 Å². The van der Waals surface area contributed by atoms with E-state index < -0.39 is 0 Å². The van der Waals surface area contributed by atoms with Gasteiger partial charge in [0.2, 0.25) is 0 Å². The zero-order chi connectivity index (χ0) is 10.8. The van der Waals surface area contributed by atoms with Crippen molar-refractivity contribution in [1.82, 2.24) is 5.32 Å². The first-order valence-corrected chi connectivity index (χ1v) is 5.60. The summed E-state index contributed by atoms with van der Waals surface area (Å²) in [5.74, 6) is 1.65. The predicted molar refractivity (Wildman–Crippen MR) is 62.2 cm³/mol. The number of rotatable bonds is 1. The number of methoxy groups -OCH3 is 1. The monoisotopic (exact) mass is 205 g/mol. The Labute approximate surface area is 91.6 Å². The molecule has 0 fully saturated rings. The van der Waals surface area contributed by atoms with Gasteiger partial charge in [-0.05, 0) is 42.5 Å². The average molecular weight is 205 g/mol. The molecule has 2 rings (SSSR count). The van der Waals surface area contributed by atoms with Gasteiger partial charge in [-0.2, -0.15) is 0 Å². The van der Waals surface area contributed by atoms with Crippen LogP contribution in [0.1, 0.15) is 25.0 Å². The zero-order valence-electron chi connectivity index (χ0n) is 9.71. The summed E-state index contributed by atoms with van der Waals surface area (Å²) in [5, 5.41) is 3.55. The maximum Gasteiger partial charge on any atom is 0.119 e. The fraction of sp³-hybridized carbons (Fsp3) is 0.538. The Bertz CT molecular complexity index is 348. The molecular formula is C13H19NO. The lowest BCUT2D eigenvalue weighted by Crippen LogP contribution is -2.29. The van der Waals surface area contributed by atoms with Crippen LogP contribution in [0.15, 0.2) is 18.2 Å². The molecular weight excluding hydrogens is 186 g/mol. The lowest BCUT2D eigenvalue weighted by Gasteiger charge is -2.16. The van der Waals surface area contributed by atoms with E-state index in [0.29, 0.717) is 12.0 Å². The summed E-state index contributed by atoms with van der Waals surface area (Å²) in [6, 6.07) is 6.99. The average Bonchev–Trinajstić information content (AvgIpc) is 2.39. The van der Waals surface area contributed by atoms with Crippen LogP contribution in [0.3, 0.4) is 0 Å². The molecule has 0 aliphatic carbocycles. The van der Waals surface area contributed by atoms with Crippen LogP contribution in [-0.4, -0.2) is 13.2 Å². The highest BCUT2D eigenvalue weighted by Gasteiger charge is 2.18. The molecule has 0 radical (unpaired) electrons. The van der Waals surface area contributed by atoms with E-state index in [1.54, 1.807) is 7.11 Å². The summed E-state index contributed by atoms with van der Waals surface area (Å²) < 4.78 is 5.25. The number of hydrogen-bond acceptors (Lipinski definition) is 2. The molecule has 1 aliphatic rings. The molecule has 0 spiro atoms. The van der Waals surface area contributed by atoms with Crippen molar-refractivity contribution in [2.45, 2.75) is 32.9 Å². The molecule has 1 aromatic carbocycles. The molecule has 2 atom stereocenters. The van der Waals surface area contributed by atoms with Crippen molar-refractivity contribution in [2.24, 2.45) is 5.92 Å².